The molecule has 156 valence electrons. The van der Waals surface area contributed by atoms with Crippen molar-refractivity contribution in [2.24, 2.45) is 0 Å². The first-order valence-electron chi connectivity index (χ1n) is 8.90. The van der Waals surface area contributed by atoms with Gasteiger partial charge in [-0.1, -0.05) is 39.7 Å². The first-order valence-corrected chi connectivity index (χ1v) is 11.6. The van der Waals surface area contributed by atoms with E-state index in [0.717, 1.165) is 4.47 Å². The predicted octanol–water partition coefficient (Wildman–Crippen LogP) is 5.55. The number of hydrogen-bond acceptors (Lipinski definition) is 4. The SMILES string of the molecule is CCOc1ccc(S(=O)(=O)Nc2cccc(Br)c2)cc1NC(=O)c1cccc(Cl)c1. The number of rotatable bonds is 7. The molecule has 30 heavy (non-hydrogen) atoms. The van der Waals surface area contributed by atoms with Crippen molar-refractivity contribution in [2.75, 3.05) is 16.6 Å². The van der Waals surface area contributed by atoms with Crippen LogP contribution < -0.4 is 14.8 Å². The monoisotopic (exact) mass is 508 g/mol. The van der Waals surface area contributed by atoms with Gasteiger partial charge < -0.3 is 10.1 Å². The van der Waals surface area contributed by atoms with Gasteiger partial charge in [-0.3, -0.25) is 9.52 Å². The molecular weight excluding hydrogens is 492 g/mol. The molecule has 1 amide bonds. The van der Waals surface area contributed by atoms with Gasteiger partial charge in [0.2, 0.25) is 0 Å². The Balaban J connectivity index is 1.92. The molecule has 0 saturated heterocycles. The number of halogens is 2. The van der Waals surface area contributed by atoms with Gasteiger partial charge in [0, 0.05) is 20.7 Å². The van der Waals surface area contributed by atoms with E-state index in [4.69, 9.17) is 16.3 Å². The van der Waals surface area contributed by atoms with Crippen LogP contribution in [-0.2, 0) is 10.0 Å². The van der Waals surface area contributed by atoms with Crippen LogP contribution in [0.1, 0.15) is 17.3 Å². The number of amides is 1. The summed E-state index contributed by atoms with van der Waals surface area (Å²) in [6.07, 6.45) is 0. The molecule has 3 aromatic rings. The summed E-state index contributed by atoms with van der Waals surface area (Å²) in [5.41, 5.74) is 0.979. The number of ether oxygens (including phenoxy) is 1. The molecular formula is C21H18BrClN2O4S. The second-order valence-electron chi connectivity index (χ2n) is 6.17. The molecule has 0 radical (unpaired) electrons. The molecule has 0 atom stereocenters. The van der Waals surface area contributed by atoms with Crippen molar-refractivity contribution in [3.05, 3.63) is 81.8 Å². The maximum atomic E-state index is 12.8. The molecule has 0 aliphatic rings. The summed E-state index contributed by atoms with van der Waals surface area (Å²) in [6, 6.07) is 17.5. The van der Waals surface area contributed by atoms with Crippen molar-refractivity contribution in [3.8, 4) is 5.75 Å². The second kappa shape index (κ2) is 9.51. The fourth-order valence-electron chi connectivity index (χ4n) is 2.65. The lowest BCUT2D eigenvalue weighted by Gasteiger charge is -2.14. The van der Waals surface area contributed by atoms with E-state index in [1.54, 1.807) is 49.4 Å². The normalized spacial score (nSPS) is 11.0. The Morgan fingerprint density at radius 3 is 2.53 bits per heavy atom. The van der Waals surface area contributed by atoms with Crippen LogP contribution in [0.5, 0.6) is 5.75 Å². The van der Waals surface area contributed by atoms with Crippen molar-refractivity contribution >= 4 is 54.8 Å². The zero-order valence-corrected chi connectivity index (χ0v) is 19.0. The highest BCUT2D eigenvalue weighted by Gasteiger charge is 2.19. The molecule has 0 heterocycles. The molecule has 3 aromatic carbocycles. The summed E-state index contributed by atoms with van der Waals surface area (Å²) in [4.78, 5) is 12.6. The Kier molecular flexibility index (Phi) is 7.02. The standard InChI is InChI=1S/C21H18BrClN2O4S/c1-2-29-20-10-9-18(30(27,28)25-17-8-4-6-15(22)12-17)13-19(20)24-21(26)14-5-3-7-16(23)11-14/h3-13,25H,2H2,1H3,(H,24,26). The highest BCUT2D eigenvalue weighted by molar-refractivity contribution is 9.10. The third-order valence-electron chi connectivity index (χ3n) is 3.97. The summed E-state index contributed by atoms with van der Waals surface area (Å²) >= 11 is 9.26. The minimum absolute atomic E-state index is 0.0210. The molecule has 3 rings (SSSR count). The average Bonchev–Trinajstić information content (AvgIpc) is 2.69. The molecule has 0 aliphatic heterocycles. The quantitative estimate of drug-likeness (QED) is 0.437. The van der Waals surface area contributed by atoms with E-state index in [0.29, 0.717) is 28.6 Å². The first kappa shape index (κ1) is 22.1. The molecule has 0 aliphatic carbocycles. The number of nitrogens with one attached hydrogen (secondary N) is 2. The number of carbonyl (C=O) groups is 1. The van der Waals surface area contributed by atoms with Crippen molar-refractivity contribution in [1.82, 2.24) is 0 Å². The van der Waals surface area contributed by atoms with Gasteiger partial charge in [0.05, 0.1) is 17.2 Å². The zero-order chi connectivity index (χ0) is 21.7. The van der Waals surface area contributed by atoms with Crippen LogP contribution in [0, 0.1) is 0 Å². The number of benzene rings is 3. The van der Waals surface area contributed by atoms with Gasteiger partial charge >= 0.3 is 0 Å². The van der Waals surface area contributed by atoms with Crippen LogP contribution in [0.2, 0.25) is 5.02 Å². The number of carbonyl (C=O) groups excluding carboxylic acids is 1. The zero-order valence-electron chi connectivity index (χ0n) is 15.9. The van der Waals surface area contributed by atoms with E-state index in [9.17, 15) is 13.2 Å². The smallest absolute Gasteiger partial charge is 0.261 e. The second-order valence-corrected chi connectivity index (χ2v) is 9.21. The average molecular weight is 510 g/mol. The minimum Gasteiger partial charge on any atom is -0.492 e. The molecule has 0 saturated carbocycles. The van der Waals surface area contributed by atoms with E-state index in [-0.39, 0.29) is 10.6 Å². The van der Waals surface area contributed by atoms with Crippen LogP contribution in [0.4, 0.5) is 11.4 Å². The maximum Gasteiger partial charge on any atom is 0.261 e. The predicted molar refractivity (Wildman–Crippen MR) is 122 cm³/mol. The Bertz CT molecular complexity index is 1190. The molecule has 9 heteroatoms. The van der Waals surface area contributed by atoms with Crippen LogP contribution in [0.3, 0.4) is 0 Å². The number of hydrogen-bond donors (Lipinski definition) is 2. The van der Waals surface area contributed by atoms with Gasteiger partial charge in [-0.2, -0.15) is 0 Å². The molecule has 0 fully saturated rings. The van der Waals surface area contributed by atoms with Crippen molar-refractivity contribution in [1.29, 1.82) is 0 Å². The summed E-state index contributed by atoms with van der Waals surface area (Å²) in [5, 5.41) is 3.12. The van der Waals surface area contributed by atoms with Gasteiger partial charge in [0.1, 0.15) is 5.75 Å². The molecule has 0 unspecified atom stereocenters. The van der Waals surface area contributed by atoms with Gasteiger partial charge in [-0.15, -0.1) is 0 Å². The van der Waals surface area contributed by atoms with Crippen LogP contribution >= 0.6 is 27.5 Å². The lowest BCUT2D eigenvalue weighted by Crippen LogP contribution is -2.16. The van der Waals surface area contributed by atoms with Gasteiger partial charge in [0.25, 0.3) is 15.9 Å². The van der Waals surface area contributed by atoms with Crippen LogP contribution in [-0.4, -0.2) is 20.9 Å². The third-order valence-corrected chi connectivity index (χ3v) is 6.08. The van der Waals surface area contributed by atoms with Gasteiger partial charge in [-0.05, 0) is 61.5 Å². The van der Waals surface area contributed by atoms with E-state index in [1.807, 2.05) is 0 Å². The van der Waals surface area contributed by atoms with Crippen molar-refractivity contribution in [3.63, 3.8) is 0 Å². The lowest BCUT2D eigenvalue weighted by molar-refractivity contribution is 0.102. The van der Waals surface area contributed by atoms with Crippen LogP contribution in [0.25, 0.3) is 0 Å². The van der Waals surface area contributed by atoms with Crippen LogP contribution in [0.15, 0.2) is 76.1 Å². The van der Waals surface area contributed by atoms with E-state index >= 15 is 0 Å². The van der Waals surface area contributed by atoms with E-state index < -0.39 is 15.9 Å². The highest BCUT2D eigenvalue weighted by Crippen LogP contribution is 2.30. The Morgan fingerprint density at radius 2 is 1.83 bits per heavy atom. The molecule has 2 N–H and O–H groups in total. The highest BCUT2D eigenvalue weighted by atomic mass is 79.9. The number of sulfonamides is 1. The molecule has 6 nitrogen and oxygen atoms in total. The maximum absolute atomic E-state index is 12.8. The fourth-order valence-corrected chi connectivity index (χ4v) is 4.31. The first-order chi connectivity index (χ1) is 14.3. The van der Waals surface area contributed by atoms with E-state index in [1.165, 1.54) is 24.3 Å². The van der Waals surface area contributed by atoms with Crippen molar-refractivity contribution < 1.29 is 17.9 Å². The molecule has 0 aromatic heterocycles. The lowest BCUT2D eigenvalue weighted by atomic mass is 10.2. The molecule has 0 bridgehead atoms. The Morgan fingerprint density at radius 1 is 1.07 bits per heavy atom. The third kappa shape index (κ3) is 5.53. The summed E-state index contributed by atoms with van der Waals surface area (Å²) < 4.78 is 34.5. The van der Waals surface area contributed by atoms with Gasteiger partial charge in [0.15, 0.2) is 0 Å². The van der Waals surface area contributed by atoms with Gasteiger partial charge in [-0.25, -0.2) is 8.42 Å². The summed E-state index contributed by atoms with van der Waals surface area (Å²) in [7, 11) is -3.89. The van der Waals surface area contributed by atoms with E-state index in [2.05, 4.69) is 26.0 Å². The Hall–Kier alpha value is -2.55. The number of anilines is 2. The van der Waals surface area contributed by atoms with Crippen molar-refractivity contribution in [2.45, 2.75) is 11.8 Å². The Labute approximate surface area is 188 Å². The summed E-state index contributed by atoms with van der Waals surface area (Å²) in [5.74, 6) is -0.0813. The molecule has 0 spiro atoms. The topological polar surface area (TPSA) is 84.5 Å². The minimum atomic E-state index is -3.89. The fraction of sp³-hybridized carbons (Fsp3) is 0.0952. The summed E-state index contributed by atoms with van der Waals surface area (Å²) in [6.45, 7) is 2.14. The largest absolute Gasteiger partial charge is 0.492 e.